The van der Waals surface area contributed by atoms with Crippen LogP contribution in [0.4, 0.5) is 52.6 Å². The van der Waals surface area contributed by atoms with Gasteiger partial charge in [-0.25, -0.2) is 9.18 Å². The number of anilines is 3. The topological polar surface area (TPSA) is 70.2 Å². The quantitative estimate of drug-likeness (QED) is 0.316. The fourth-order valence-corrected chi connectivity index (χ4v) is 3.26. The highest BCUT2D eigenvalue weighted by molar-refractivity contribution is 6.05. The minimum Gasteiger partial charge on any atom is -0.322 e. The van der Waals surface area contributed by atoms with Crippen LogP contribution in [0.3, 0.4) is 0 Å². The minimum absolute atomic E-state index is 0.142. The number of hydrogen-bond donors (Lipinski definition) is 3. The van der Waals surface area contributed by atoms with Crippen molar-refractivity contribution < 1.29 is 40.3 Å². The first kappa shape index (κ1) is 26.5. The Bertz CT molecular complexity index is 1240. The molecule has 0 atom stereocenters. The molecule has 3 amide bonds. The number of rotatable bonds is 5. The summed E-state index contributed by atoms with van der Waals surface area (Å²) in [5, 5.41) is 7.35. The molecule has 0 fully saturated rings. The van der Waals surface area contributed by atoms with Crippen LogP contribution in [-0.4, -0.2) is 24.3 Å². The molecular weight excluding hydrogens is 495 g/mol. The number of halogens is 7. The Labute approximate surface area is 200 Å². The molecule has 0 aliphatic rings. The van der Waals surface area contributed by atoms with Crippen LogP contribution in [0.15, 0.2) is 72.8 Å². The number of hydrogen-bond acceptors (Lipinski definition) is 2. The Morgan fingerprint density at radius 2 is 1.25 bits per heavy atom. The molecule has 3 N–H and O–H groups in total. The van der Waals surface area contributed by atoms with Crippen LogP contribution in [0.2, 0.25) is 0 Å². The molecule has 0 radical (unpaired) electrons. The molecule has 12 heteroatoms. The zero-order valence-corrected chi connectivity index (χ0v) is 18.4. The third-order valence-electron chi connectivity index (χ3n) is 5.07. The van der Waals surface area contributed by atoms with Gasteiger partial charge in [0.2, 0.25) is 0 Å². The van der Waals surface area contributed by atoms with Crippen LogP contribution in [0.25, 0.3) is 0 Å². The molecule has 0 spiro atoms. The van der Waals surface area contributed by atoms with Crippen LogP contribution in [0.5, 0.6) is 0 Å². The predicted octanol–water partition coefficient (Wildman–Crippen LogP) is 7.18. The van der Waals surface area contributed by atoms with Crippen molar-refractivity contribution in [3.05, 3.63) is 89.5 Å². The Hall–Kier alpha value is -4.09. The van der Waals surface area contributed by atoms with Gasteiger partial charge in [0.15, 0.2) is 0 Å². The number of aryl methyl sites for hydroxylation is 1. The van der Waals surface area contributed by atoms with Gasteiger partial charge < -0.3 is 16.0 Å². The highest BCUT2D eigenvalue weighted by Gasteiger charge is 2.73. The normalized spacial score (nSPS) is 12.1. The lowest BCUT2D eigenvalue weighted by Crippen LogP contribution is -2.50. The van der Waals surface area contributed by atoms with Crippen LogP contribution >= 0.6 is 0 Å². The van der Waals surface area contributed by atoms with E-state index in [2.05, 4.69) is 16.0 Å². The molecule has 0 aliphatic carbocycles. The third kappa shape index (κ3) is 5.58. The summed E-state index contributed by atoms with van der Waals surface area (Å²) in [6, 6.07) is 14.9. The average Bonchev–Trinajstić information content (AvgIpc) is 2.79. The van der Waals surface area contributed by atoms with E-state index in [1.807, 2.05) is 0 Å². The molecule has 36 heavy (non-hydrogen) atoms. The van der Waals surface area contributed by atoms with E-state index in [0.717, 1.165) is 13.0 Å². The summed E-state index contributed by atoms with van der Waals surface area (Å²) in [5.74, 6) is -0.394. The zero-order chi connectivity index (χ0) is 26.7. The Balaban J connectivity index is 1.72. The van der Waals surface area contributed by atoms with E-state index < -0.39 is 35.5 Å². The van der Waals surface area contributed by atoms with E-state index in [9.17, 15) is 40.3 Å². The van der Waals surface area contributed by atoms with Crippen molar-refractivity contribution in [1.82, 2.24) is 0 Å². The minimum atomic E-state index is -6.25. The maximum Gasteiger partial charge on any atom is 0.435 e. The standard InChI is InChI=1S/C24H18F7N3O2/c1-14-12-16(22(25,23(26,27)28)24(29,30)31)10-11-19(14)34-21(36)33-18-9-5-8-17(13-18)32-20(35)15-6-3-2-4-7-15/h2-13H,1H3,(H,32,35)(H2,33,34,36). The largest absolute Gasteiger partial charge is 0.435 e. The summed E-state index contributed by atoms with van der Waals surface area (Å²) in [6.07, 6.45) is -12.5. The molecule has 3 aromatic carbocycles. The molecule has 0 aliphatic heterocycles. The molecule has 0 saturated heterocycles. The van der Waals surface area contributed by atoms with E-state index in [4.69, 9.17) is 0 Å². The van der Waals surface area contributed by atoms with E-state index in [1.165, 1.54) is 18.2 Å². The molecule has 0 bridgehead atoms. The Morgan fingerprint density at radius 1 is 0.667 bits per heavy atom. The van der Waals surface area contributed by atoms with Crippen molar-refractivity contribution in [2.75, 3.05) is 16.0 Å². The molecule has 0 heterocycles. The first-order chi connectivity index (χ1) is 16.7. The second kappa shape index (κ2) is 9.88. The first-order valence-electron chi connectivity index (χ1n) is 10.2. The molecule has 0 unspecified atom stereocenters. The fourth-order valence-electron chi connectivity index (χ4n) is 3.26. The molecule has 190 valence electrons. The van der Waals surface area contributed by atoms with Crippen molar-refractivity contribution in [1.29, 1.82) is 0 Å². The van der Waals surface area contributed by atoms with E-state index in [1.54, 1.807) is 36.4 Å². The summed E-state index contributed by atoms with van der Waals surface area (Å²) in [4.78, 5) is 24.6. The van der Waals surface area contributed by atoms with Crippen molar-refractivity contribution in [3.63, 3.8) is 0 Å². The van der Waals surface area contributed by atoms with E-state index in [0.29, 0.717) is 23.4 Å². The number of carbonyl (C=O) groups excluding carboxylic acids is 2. The van der Waals surface area contributed by atoms with Gasteiger partial charge in [0.1, 0.15) is 0 Å². The first-order valence-corrected chi connectivity index (χ1v) is 10.2. The number of benzene rings is 3. The summed E-state index contributed by atoms with van der Waals surface area (Å²) >= 11 is 0. The number of urea groups is 1. The lowest BCUT2D eigenvalue weighted by molar-refractivity contribution is -0.348. The summed E-state index contributed by atoms with van der Waals surface area (Å²) in [7, 11) is 0. The number of amides is 3. The second-order valence-corrected chi connectivity index (χ2v) is 7.66. The molecule has 3 rings (SSSR count). The second-order valence-electron chi connectivity index (χ2n) is 7.66. The lowest BCUT2D eigenvalue weighted by Gasteiger charge is -2.30. The van der Waals surface area contributed by atoms with Gasteiger partial charge >= 0.3 is 24.1 Å². The lowest BCUT2D eigenvalue weighted by atomic mass is 9.92. The highest BCUT2D eigenvalue weighted by atomic mass is 19.4. The van der Waals surface area contributed by atoms with Crippen LogP contribution in [-0.2, 0) is 5.67 Å². The van der Waals surface area contributed by atoms with Gasteiger partial charge in [0, 0.05) is 28.2 Å². The van der Waals surface area contributed by atoms with Gasteiger partial charge in [-0.1, -0.05) is 36.4 Å². The van der Waals surface area contributed by atoms with Crippen molar-refractivity contribution in [2.45, 2.75) is 24.9 Å². The van der Waals surface area contributed by atoms with Gasteiger partial charge in [-0.05, 0) is 48.9 Å². The maximum absolute atomic E-state index is 14.3. The number of nitrogens with one attached hydrogen (secondary N) is 3. The summed E-state index contributed by atoms with van der Waals surface area (Å²) in [6.45, 7) is 1.12. The van der Waals surface area contributed by atoms with E-state index in [-0.39, 0.29) is 16.9 Å². The Morgan fingerprint density at radius 3 is 1.81 bits per heavy atom. The highest BCUT2D eigenvalue weighted by Crippen LogP contribution is 2.53. The van der Waals surface area contributed by atoms with Gasteiger partial charge in [0.05, 0.1) is 0 Å². The maximum atomic E-state index is 14.3. The summed E-state index contributed by atoms with van der Waals surface area (Å²) < 4.78 is 92.1. The van der Waals surface area contributed by atoms with Gasteiger partial charge in [-0.2, -0.15) is 26.3 Å². The van der Waals surface area contributed by atoms with Crippen LogP contribution in [0.1, 0.15) is 21.5 Å². The molecular formula is C24H18F7N3O2. The van der Waals surface area contributed by atoms with E-state index >= 15 is 0 Å². The van der Waals surface area contributed by atoms with Crippen LogP contribution in [0, 0.1) is 6.92 Å². The zero-order valence-electron chi connectivity index (χ0n) is 18.4. The smallest absolute Gasteiger partial charge is 0.322 e. The van der Waals surface area contributed by atoms with Crippen LogP contribution < -0.4 is 16.0 Å². The molecule has 0 aromatic heterocycles. The SMILES string of the molecule is Cc1cc(C(F)(C(F)(F)F)C(F)(F)F)ccc1NC(=O)Nc1cccc(NC(=O)c2ccccc2)c1. The predicted molar refractivity (Wildman–Crippen MR) is 120 cm³/mol. The molecule has 0 saturated carbocycles. The average molecular weight is 513 g/mol. The third-order valence-corrected chi connectivity index (χ3v) is 5.07. The van der Waals surface area contributed by atoms with Gasteiger partial charge in [-0.3, -0.25) is 4.79 Å². The summed E-state index contributed by atoms with van der Waals surface area (Å²) in [5.41, 5.74) is -6.63. The fraction of sp³-hybridized carbons (Fsp3) is 0.167. The van der Waals surface area contributed by atoms with Crippen molar-refractivity contribution in [3.8, 4) is 0 Å². The number of alkyl halides is 7. The van der Waals surface area contributed by atoms with Crippen molar-refractivity contribution in [2.24, 2.45) is 0 Å². The van der Waals surface area contributed by atoms with Crippen molar-refractivity contribution >= 4 is 29.0 Å². The van der Waals surface area contributed by atoms with Gasteiger partial charge in [-0.15, -0.1) is 0 Å². The van der Waals surface area contributed by atoms with Gasteiger partial charge in [0.25, 0.3) is 5.91 Å². The molecule has 3 aromatic rings. The monoisotopic (exact) mass is 513 g/mol. The Kier molecular flexibility index (Phi) is 7.27. The molecule has 5 nitrogen and oxygen atoms in total. The number of carbonyl (C=O) groups is 2.